The van der Waals surface area contributed by atoms with E-state index in [2.05, 4.69) is 24.0 Å². The molecule has 1 saturated heterocycles. The summed E-state index contributed by atoms with van der Waals surface area (Å²) >= 11 is 0. The Bertz CT molecular complexity index is 915. The van der Waals surface area contributed by atoms with Gasteiger partial charge in [-0.2, -0.15) is 0 Å². The molecule has 0 radical (unpaired) electrons. The molecule has 27 heavy (non-hydrogen) atoms. The molecule has 1 fully saturated rings. The zero-order valence-electron chi connectivity index (χ0n) is 15.4. The number of carbonyl (C=O) groups is 2. The third kappa shape index (κ3) is 3.73. The maximum atomic E-state index is 13.1. The molecular weight excluding hydrogens is 346 g/mol. The number of fused-ring (bicyclic) bond motifs is 1. The largest absolute Gasteiger partial charge is 0.483 e. The number of H-pyrrole nitrogens is 1. The Morgan fingerprint density at radius 3 is 2.67 bits per heavy atom. The summed E-state index contributed by atoms with van der Waals surface area (Å²) < 4.78 is 5.60. The van der Waals surface area contributed by atoms with E-state index in [1.54, 1.807) is 6.26 Å². The molecule has 0 saturated carbocycles. The molecule has 3 heterocycles. The van der Waals surface area contributed by atoms with E-state index in [1.165, 1.54) is 0 Å². The highest BCUT2D eigenvalue weighted by molar-refractivity contribution is 6.09. The highest BCUT2D eigenvalue weighted by Gasteiger charge is 2.31. The standard InChI is InChI=1S/C19H21N3O2.CH2O2/c1-21(2)13-9-10-22(12-13)19(23)18-17(16-8-5-11-24-16)14-6-3-4-7-15(14)20-18;2-1-3/h3-8,11,13,20H,9-10,12H2,1-2H3;1H,(H,2,3). The number of rotatable bonds is 3. The van der Waals surface area contributed by atoms with Gasteiger partial charge in [-0.05, 0) is 38.7 Å². The first-order valence-corrected chi connectivity index (χ1v) is 8.75. The summed E-state index contributed by atoms with van der Waals surface area (Å²) in [6, 6.07) is 12.1. The van der Waals surface area contributed by atoms with Gasteiger partial charge in [-0.15, -0.1) is 0 Å². The molecule has 2 N–H and O–H groups in total. The SMILES string of the molecule is CN(C)C1CCN(C(=O)c2[nH]c3ccccc3c2-c2ccco2)C1.O=CO. The van der Waals surface area contributed by atoms with Gasteiger partial charge in [-0.3, -0.25) is 9.59 Å². The van der Waals surface area contributed by atoms with E-state index in [0.717, 1.165) is 41.7 Å². The van der Waals surface area contributed by atoms with Crippen molar-refractivity contribution in [2.75, 3.05) is 27.2 Å². The third-order valence-corrected chi connectivity index (χ3v) is 4.87. The van der Waals surface area contributed by atoms with Crippen molar-refractivity contribution in [1.29, 1.82) is 0 Å². The van der Waals surface area contributed by atoms with E-state index in [1.807, 2.05) is 41.3 Å². The summed E-state index contributed by atoms with van der Waals surface area (Å²) in [4.78, 5) is 28.9. The molecule has 1 aromatic carbocycles. The van der Waals surface area contributed by atoms with Crippen molar-refractivity contribution in [1.82, 2.24) is 14.8 Å². The first-order valence-electron chi connectivity index (χ1n) is 8.75. The van der Waals surface area contributed by atoms with Crippen LogP contribution in [0.5, 0.6) is 0 Å². The number of nitrogens with one attached hydrogen (secondary N) is 1. The normalized spacial score (nSPS) is 16.4. The van der Waals surface area contributed by atoms with E-state index in [0.29, 0.717) is 11.7 Å². The van der Waals surface area contributed by atoms with Crippen LogP contribution < -0.4 is 0 Å². The molecule has 1 unspecified atom stereocenters. The van der Waals surface area contributed by atoms with Crippen molar-refractivity contribution < 1.29 is 19.1 Å². The smallest absolute Gasteiger partial charge is 0.290 e. The van der Waals surface area contributed by atoms with E-state index in [9.17, 15) is 4.79 Å². The maximum Gasteiger partial charge on any atom is 0.290 e. The van der Waals surface area contributed by atoms with Crippen molar-refractivity contribution >= 4 is 23.3 Å². The number of hydrogen-bond donors (Lipinski definition) is 2. The lowest BCUT2D eigenvalue weighted by atomic mass is 10.1. The number of hydrogen-bond acceptors (Lipinski definition) is 4. The van der Waals surface area contributed by atoms with E-state index in [-0.39, 0.29) is 12.4 Å². The molecule has 0 spiro atoms. The second kappa shape index (κ2) is 8.09. The number of carboxylic acid groups (broad SMARTS) is 1. The summed E-state index contributed by atoms with van der Waals surface area (Å²) in [6.07, 6.45) is 2.65. The number of carbonyl (C=O) groups excluding carboxylic acids is 1. The predicted octanol–water partition coefficient (Wildman–Crippen LogP) is 2.90. The Balaban J connectivity index is 0.000000659. The Labute approximate surface area is 157 Å². The number of nitrogens with zero attached hydrogens (tertiary/aromatic N) is 2. The zero-order valence-corrected chi connectivity index (χ0v) is 15.4. The average molecular weight is 369 g/mol. The lowest BCUT2D eigenvalue weighted by molar-refractivity contribution is -0.122. The minimum Gasteiger partial charge on any atom is -0.483 e. The molecule has 1 amide bonds. The highest BCUT2D eigenvalue weighted by atomic mass is 16.3. The van der Waals surface area contributed by atoms with Crippen LogP contribution in [0.25, 0.3) is 22.2 Å². The second-order valence-corrected chi connectivity index (χ2v) is 6.66. The van der Waals surface area contributed by atoms with Gasteiger partial charge in [-0.1, -0.05) is 18.2 Å². The number of likely N-dealkylation sites (N-methyl/N-ethyl adjacent to an activating group) is 1. The lowest BCUT2D eigenvalue weighted by Gasteiger charge is -2.20. The fourth-order valence-corrected chi connectivity index (χ4v) is 3.48. The summed E-state index contributed by atoms with van der Waals surface area (Å²) in [7, 11) is 4.13. The van der Waals surface area contributed by atoms with Gasteiger partial charge in [0.25, 0.3) is 12.4 Å². The fraction of sp³-hybridized carbons (Fsp3) is 0.300. The van der Waals surface area contributed by atoms with Crippen molar-refractivity contribution in [3.05, 3.63) is 48.4 Å². The monoisotopic (exact) mass is 369 g/mol. The van der Waals surface area contributed by atoms with Crippen LogP contribution in [0.1, 0.15) is 16.9 Å². The second-order valence-electron chi connectivity index (χ2n) is 6.66. The van der Waals surface area contributed by atoms with Crippen molar-refractivity contribution in [3.8, 4) is 11.3 Å². The van der Waals surface area contributed by atoms with E-state index >= 15 is 0 Å². The molecule has 2 aromatic heterocycles. The molecule has 7 nitrogen and oxygen atoms in total. The van der Waals surface area contributed by atoms with Crippen LogP contribution in [-0.2, 0) is 4.79 Å². The molecule has 0 aliphatic carbocycles. The first-order chi connectivity index (χ1) is 13.1. The predicted molar refractivity (Wildman–Crippen MR) is 103 cm³/mol. The van der Waals surface area contributed by atoms with Crippen LogP contribution in [0.2, 0.25) is 0 Å². The van der Waals surface area contributed by atoms with Crippen LogP contribution >= 0.6 is 0 Å². The Morgan fingerprint density at radius 1 is 1.30 bits per heavy atom. The van der Waals surface area contributed by atoms with Gasteiger partial charge in [-0.25, -0.2) is 0 Å². The third-order valence-electron chi connectivity index (χ3n) is 4.87. The summed E-state index contributed by atoms with van der Waals surface area (Å²) in [5, 5.41) is 7.90. The van der Waals surface area contributed by atoms with E-state index in [4.69, 9.17) is 14.3 Å². The summed E-state index contributed by atoms with van der Waals surface area (Å²) in [5.74, 6) is 0.765. The van der Waals surface area contributed by atoms with Crippen LogP contribution in [-0.4, -0.2) is 65.5 Å². The number of aromatic nitrogens is 1. The Hall–Kier alpha value is -3.06. The van der Waals surface area contributed by atoms with Gasteiger partial charge in [0.1, 0.15) is 11.5 Å². The lowest BCUT2D eigenvalue weighted by Crippen LogP contribution is -2.34. The van der Waals surface area contributed by atoms with Gasteiger partial charge in [0.2, 0.25) is 0 Å². The minimum absolute atomic E-state index is 0.0435. The molecule has 1 atom stereocenters. The summed E-state index contributed by atoms with van der Waals surface area (Å²) in [5.41, 5.74) is 2.43. The Morgan fingerprint density at radius 2 is 2.04 bits per heavy atom. The van der Waals surface area contributed by atoms with Gasteiger partial charge in [0.15, 0.2) is 0 Å². The molecule has 0 bridgehead atoms. The fourth-order valence-electron chi connectivity index (χ4n) is 3.48. The number of amides is 1. The number of likely N-dealkylation sites (tertiary alicyclic amines) is 1. The van der Waals surface area contributed by atoms with E-state index < -0.39 is 0 Å². The van der Waals surface area contributed by atoms with Gasteiger partial charge < -0.3 is 24.3 Å². The molecular formula is C20H23N3O4. The van der Waals surface area contributed by atoms with Gasteiger partial charge in [0, 0.05) is 30.0 Å². The first kappa shape index (κ1) is 18.7. The minimum atomic E-state index is -0.250. The van der Waals surface area contributed by atoms with Crippen molar-refractivity contribution in [2.45, 2.75) is 12.5 Å². The molecule has 142 valence electrons. The molecule has 1 aliphatic heterocycles. The van der Waals surface area contributed by atoms with Crippen LogP contribution in [0, 0.1) is 0 Å². The molecule has 7 heteroatoms. The van der Waals surface area contributed by atoms with Gasteiger partial charge in [0.05, 0.1) is 11.8 Å². The van der Waals surface area contributed by atoms with Crippen LogP contribution in [0.3, 0.4) is 0 Å². The van der Waals surface area contributed by atoms with Crippen LogP contribution in [0.15, 0.2) is 47.1 Å². The maximum absolute atomic E-state index is 13.1. The Kier molecular flexibility index (Phi) is 5.61. The number of benzene rings is 1. The quantitative estimate of drug-likeness (QED) is 0.693. The summed E-state index contributed by atoms with van der Waals surface area (Å²) in [6.45, 7) is 1.30. The topological polar surface area (TPSA) is 89.8 Å². The molecule has 1 aliphatic rings. The highest BCUT2D eigenvalue weighted by Crippen LogP contribution is 2.34. The average Bonchev–Trinajstić information content (AvgIpc) is 3.39. The number of aromatic amines is 1. The van der Waals surface area contributed by atoms with Crippen molar-refractivity contribution in [3.63, 3.8) is 0 Å². The molecule has 3 aromatic rings. The number of furan rings is 1. The van der Waals surface area contributed by atoms with Crippen LogP contribution in [0.4, 0.5) is 0 Å². The van der Waals surface area contributed by atoms with Gasteiger partial charge >= 0.3 is 0 Å². The number of para-hydroxylation sites is 1. The molecule has 4 rings (SSSR count). The van der Waals surface area contributed by atoms with Crippen molar-refractivity contribution in [2.24, 2.45) is 0 Å². The zero-order chi connectivity index (χ0) is 19.4.